The van der Waals surface area contributed by atoms with Gasteiger partial charge in [0.1, 0.15) is 16.6 Å². The predicted molar refractivity (Wildman–Crippen MR) is 72.7 cm³/mol. The highest BCUT2D eigenvalue weighted by Crippen LogP contribution is 2.27. The van der Waals surface area contributed by atoms with Crippen LogP contribution in [0.2, 0.25) is 0 Å². The molecule has 0 saturated heterocycles. The van der Waals surface area contributed by atoms with Crippen molar-refractivity contribution >= 4 is 21.7 Å². The Morgan fingerprint density at radius 1 is 1.28 bits per heavy atom. The fourth-order valence-corrected chi connectivity index (χ4v) is 1.94. The number of anilines is 1. The Kier molecular flexibility index (Phi) is 4.46. The summed E-state index contributed by atoms with van der Waals surface area (Å²) in [5.74, 6) is 1.24. The van der Waals surface area contributed by atoms with E-state index >= 15 is 0 Å². The number of ether oxygens (including phenoxy) is 1. The van der Waals surface area contributed by atoms with E-state index < -0.39 is 0 Å². The summed E-state index contributed by atoms with van der Waals surface area (Å²) in [6.07, 6.45) is 3.98. The summed E-state index contributed by atoms with van der Waals surface area (Å²) in [7, 11) is 1.80. The summed E-state index contributed by atoms with van der Waals surface area (Å²) >= 11 is 3.40. The minimum absolute atomic E-state index is 0.524. The van der Waals surface area contributed by atoms with Gasteiger partial charge in [-0.1, -0.05) is 6.07 Å². The minimum atomic E-state index is 0.524. The normalized spacial score (nSPS) is 10.1. The van der Waals surface area contributed by atoms with E-state index in [1.54, 1.807) is 13.2 Å². The molecule has 0 aliphatic carbocycles. The summed E-state index contributed by atoms with van der Waals surface area (Å²) < 4.78 is 6.34. The van der Waals surface area contributed by atoms with E-state index in [9.17, 15) is 0 Å². The van der Waals surface area contributed by atoms with Crippen LogP contribution in [0.3, 0.4) is 0 Å². The Morgan fingerprint density at radius 3 is 2.89 bits per heavy atom. The van der Waals surface area contributed by atoms with Crippen LogP contribution in [0.1, 0.15) is 5.69 Å². The van der Waals surface area contributed by atoms with E-state index in [0.717, 1.165) is 16.6 Å². The lowest BCUT2D eigenvalue weighted by Gasteiger charge is -2.08. The Bertz CT molecular complexity index is 507. The first-order chi connectivity index (χ1) is 8.81. The van der Waals surface area contributed by atoms with Gasteiger partial charge in [0.25, 0.3) is 0 Å². The number of hydrogen-bond donors (Lipinski definition) is 1. The average molecular weight is 309 g/mol. The average Bonchev–Trinajstić information content (AvgIpc) is 2.42. The van der Waals surface area contributed by atoms with Crippen molar-refractivity contribution in [3.05, 3.63) is 40.9 Å². The molecule has 0 bridgehead atoms. The van der Waals surface area contributed by atoms with E-state index in [0.29, 0.717) is 18.3 Å². The van der Waals surface area contributed by atoms with Crippen molar-refractivity contribution in [2.45, 2.75) is 6.42 Å². The summed E-state index contributed by atoms with van der Waals surface area (Å²) in [5, 5.41) is 2.95. The molecule has 0 radical (unpaired) electrons. The quantitative estimate of drug-likeness (QED) is 0.918. The number of hydrogen-bond acceptors (Lipinski definition) is 5. The van der Waals surface area contributed by atoms with Gasteiger partial charge in [0.2, 0.25) is 5.88 Å². The van der Waals surface area contributed by atoms with E-state index in [-0.39, 0.29) is 0 Å². The fourth-order valence-electron chi connectivity index (χ4n) is 1.43. The number of halogens is 1. The molecule has 18 heavy (non-hydrogen) atoms. The summed E-state index contributed by atoms with van der Waals surface area (Å²) in [6, 6.07) is 5.82. The maximum absolute atomic E-state index is 5.61. The van der Waals surface area contributed by atoms with Crippen molar-refractivity contribution in [3.8, 4) is 5.88 Å². The van der Waals surface area contributed by atoms with Crippen LogP contribution in [0.4, 0.5) is 5.82 Å². The van der Waals surface area contributed by atoms with Crippen LogP contribution in [-0.2, 0) is 6.42 Å². The molecule has 1 N–H and O–H groups in total. The molecule has 0 aliphatic heterocycles. The van der Waals surface area contributed by atoms with Gasteiger partial charge in [-0.25, -0.2) is 9.97 Å². The van der Waals surface area contributed by atoms with Gasteiger partial charge in [-0.15, -0.1) is 0 Å². The Balaban J connectivity index is 1.95. The molecule has 0 atom stereocenters. The highest BCUT2D eigenvalue weighted by atomic mass is 79.9. The van der Waals surface area contributed by atoms with Crippen LogP contribution in [-0.4, -0.2) is 28.6 Å². The van der Waals surface area contributed by atoms with Crippen molar-refractivity contribution in [1.29, 1.82) is 0 Å². The SMILES string of the molecule is CNc1ncnc(OCCc2ccccn2)c1Br. The molecule has 2 aromatic heterocycles. The summed E-state index contributed by atoms with van der Waals surface area (Å²) in [4.78, 5) is 12.4. The zero-order valence-electron chi connectivity index (χ0n) is 9.93. The fraction of sp³-hybridized carbons (Fsp3) is 0.250. The van der Waals surface area contributed by atoms with Crippen molar-refractivity contribution < 1.29 is 4.74 Å². The molecule has 0 spiro atoms. The molecule has 2 rings (SSSR count). The lowest BCUT2D eigenvalue weighted by atomic mass is 10.3. The van der Waals surface area contributed by atoms with Crippen molar-refractivity contribution in [2.24, 2.45) is 0 Å². The number of aromatic nitrogens is 3. The summed E-state index contributed by atoms with van der Waals surface area (Å²) in [6.45, 7) is 0.524. The van der Waals surface area contributed by atoms with Crippen molar-refractivity contribution in [2.75, 3.05) is 19.0 Å². The maximum atomic E-state index is 5.61. The molecule has 2 aromatic rings. The number of nitrogens with zero attached hydrogens (tertiary/aromatic N) is 3. The standard InChI is InChI=1S/C12H13BrN4O/c1-14-11-10(13)12(17-8-16-11)18-7-5-9-4-2-3-6-15-9/h2-4,6,8H,5,7H2,1H3,(H,14,16,17). The largest absolute Gasteiger partial charge is 0.476 e. The second-order valence-corrected chi connectivity index (χ2v) is 4.30. The molecule has 5 nitrogen and oxygen atoms in total. The van der Waals surface area contributed by atoms with Gasteiger partial charge in [-0.05, 0) is 28.1 Å². The smallest absolute Gasteiger partial charge is 0.233 e. The van der Waals surface area contributed by atoms with E-state index in [1.165, 1.54) is 6.33 Å². The lowest BCUT2D eigenvalue weighted by Crippen LogP contribution is -2.05. The highest BCUT2D eigenvalue weighted by molar-refractivity contribution is 9.10. The van der Waals surface area contributed by atoms with Crippen LogP contribution in [0.15, 0.2) is 35.2 Å². The van der Waals surface area contributed by atoms with Crippen LogP contribution >= 0.6 is 15.9 Å². The van der Waals surface area contributed by atoms with Crippen LogP contribution in [0, 0.1) is 0 Å². The third-order valence-electron chi connectivity index (χ3n) is 2.32. The van der Waals surface area contributed by atoms with Gasteiger partial charge in [-0.3, -0.25) is 4.98 Å². The molecular weight excluding hydrogens is 296 g/mol. The molecule has 0 aromatic carbocycles. The van der Waals surface area contributed by atoms with Crippen LogP contribution < -0.4 is 10.1 Å². The number of pyridine rings is 1. The van der Waals surface area contributed by atoms with Gasteiger partial charge in [-0.2, -0.15) is 0 Å². The van der Waals surface area contributed by atoms with Crippen molar-refractivity contribution in [3.63, 3.8) is 0 Å². The first kappa shape index (κ1) is 12.8. The van der Waals surface area contributed by atoms with E-state index in [4.69, 9.17) is 4.74 Å². The first-order valence-electron chi connectivity index (χ1n) is 5.52. The molecular formula is C12H13BrN4O. The zero-order chi connectivity index (χ0) is 12.8. The van der Waals surface area contributed by atoms with Gasteiger partial charge in [0, 0.05) is 25.4 Å². The molecule has 0 saturated carbocycles. The third-order valence-corrected chi connectivity index (χ3v) is 3.03. The summed E-state index contributed by atoms with van der Waals surface area (Å²) in [5.41, 5.74) is 0.997. The van der Waals surface area contributed by atoms with Crippen LogP contribution in [0.25, 0.3) is 0 Å². The zero-order valence-corrected chi connectivity index (χ0v) is 11.5. The first-order valence-corrected chi connectivity index (χ1v) is 6.31. The Labute approximate surface area is 114 Å². The molecule has 0 aliphatic rings. The highest BCUT2D eigenvalue weighted by Gasteiger charge is 2.08. The monoisotopic (exact) mass is 308 g/mol. The number of nitrogens with one attached hydrogen (secondary N) is 1. The van der Waals surface area contributed by atoms with Crippen molar-refractivity contribution in [1.82, 2.24) is 15.0 Å². The Morgan fingerprint density at radius 2 is 2.17 bits per heavy atom. The lowest BCUT2D eigenvalue weighted by molar-refractivity contribution is 0.305. The van der Waals surface area contributed by atoms with Gasteiger partial charge < -0.3 is 10.1 Å². The topological polar surface area (TPSA) is 59.9 Å². The van der Waals surface area contributed by atoms with Crippen LogP contribution in [0.5, 0.6) is 5.88 Å². The molecule has 6 heteroatoms. The molecule has 0 fully saturated rings. The molecule has 0 amide bonds. The van der Waals surface area contributed by atoms with Gasteiger partial charge in [0.15, 0.2) is 0 Å². The molecule has 94 valence electrons. The third kappa shape index (κ3) is 3.16. The van der Waals surface area contributed by atoms with E-state index in [2.05, 4.69) is 36.2 Å². The minimum Gasteiger partial charge on any atom is -0.476 e. The number of rotatable bonds is 5. The Hall–Kier alpha value is -1.69. The second kappa shape index (κ2) is 6.30. The van der Waals surface area contributed by atoms with E-state index in [1.807, 2.05) is 18.2 Å². The molecule has 0 unspecified atom stereocenters. The van der Waals surface area contributed by atoms with Gasteiger partial charge in [0.05, 0.1) is 6.61 Å². The maximum Gasteiger partial charge on any atom is 0.233 e. The van der Waals surface area contributed by atoms with Gasteiger partial charge >= 0.3 is 0 Å². The second-order valence-electron chi connectivity index (χ2n) is 3.51. The predicted octanol–water partition coefficient (Wildman–Crippen LogP) is 2.30. The molecule has 2 heterocycles.